The summed E-state index contributed by atoms with van der Waals surface area (Å²) >= 11 is 4.57. The molecule has 0 aromatic carbocycles. The van der Waals surface area contributed by atoms with Crippen molar-refractivity contribution in [3.05, 3.63) is 25.5 Å². The summed E-state index contributed by atoms with van der Waals surface area (Å²) in [6.07, 6.45) is 1.97. The van der Waals surface area contributed by atoms with Crippen molar-refractivity contribution in [2.24, 2.45) is 0 Å². The molecule has 0 atom stereocenters. The Labute approximate surface area is 58.4 Å². The van der Waals surface area contributed by atoms with E-state index in [-0.39, 0.29) is 0 Å². The average Bonchev–Trinajstić information content (AvgIpc) is 1.89. The highest BCUT2D eigenvalue weighted by molar-refractivity contribution is 6.07. The Kier molecular flexibility index (Phi) is 12.3. The number of halogens is 1. The van der Waals surface area contributed by atoms with Crippen LogP contribution in [0.5, 0.6) is 0 Å². The smallest absolute Gasteiger partial charge is 0.327 e. The van der Waals surface area contributed by atoms with E-state index in [4.69, 9.17) is 5.11 Å². The van der Waals surface area contributed by atoms with Gasteiger partial charge in [0.2, 0.25) is 0 Å². The maximum atomic E-state index is 9.25. The minimum Gasteiger partial charge on any atom is -0.478 e. The summed E-state index contributed by atoms with van der Waals surface area (Å²) in [6.45, 7) is 6.09. The van der Waals surface area contributed by atoms with Crippen LogP contribution in [0.25, 0.3) is 0 Å². The molecule has 1 N–H and O–H groups in total. The van der Waals surface area contributed by atoms with Crippen LogP contribution in [0.4, 0.5) is 0 Å². The van der Waals surface area contributed by atoms with Crippen LogP contribution in [-0.4, -0.2) is 11.1 Å². The van der Waals surface area contributed by atoms with E-state index in [0.29, 0.717) is 0 Å². The van der Waals surface area contributed by atoms with Crippen molar-refractivity contribution >= 4 is 17.8 Å². The number of rotatable bonds is 2. The van der Waals surface area contributed by atoms with Gasteiger partial charge in [0.1, 0.15) is 18.1 Å². The highest BCUT2D eigenvalue weighted by Crippen LogP contribution is 1.72. The van der Waals surface area contributed by atoms with Gasteiger partial charge in [-0.1, -0.05) is 13.2 Å². The summed E-state index contributed by atoms with van der Waals surface area (Å²) in [7, 11) is 0. The summed E-state index contributed by atoms with van der Waals surface area (Å²) in [5.41, 5.74) is 0. The predicted molar refractivity (Wildman–Crippen MR) is 35.0 cm³/mol. The molecule has 0 amide bonds. The fraction of sp³-hybridized carbons (Fsp3) is 0. The fourth-order valence-electron chi connectivity index (χ4n) is 0. The van der Waals surface area contributed by atoms with Gasteiger partial charge in [-0.05, 0) is 0 Å². The maximum Gasteiger partial charge on any atom is 0.327 e. The van der Waals surface area contributed by atoms with Crippen molar-refractivity contribution in [1.29, 1.82) is 0 Å². The second kappa shape index (κ2) is 10.1. The summed E-state index contributed by atoms with van der Waals surface area (Å²) in [6, 6.07) is 0. The molecule has 0 aliphatic carbocycles. The highest BCUT2D eigenvalue weighted by atomic mass is 35.5. The largest absolute Gasteiger partial charge is 0.478 e. The first-order chi connectivity index (χ1) is 4.18. The zero-order valence-corrected chi connectivity index (χ0v) is 5.47. The third-order valence-electron chi connectivity index (χ3n) is 0.238. The van der Waals surface area contributed by atoms with Crippen LogP contribution in [0.2, 0.25) is 0 Å². The van der Waals surface area contributed by atoms with Crippen LogP contribution >= 0.6 is 11.9 Å². The Balaban J connectivity index is 0. The molecule has 0 saturated carbocycles. The Morgan fingerprint density at radius 3 is 1.89 bits per heavy atom. The number of aliphatic carboxylic acids is 1. The van der Waals surface area contributed by atoms with E-state index < -0.39 is 5.97 Å². The lowest BCUT2D eigenvalue weighted by atomic mass is 10.7. The molecule has 4 heteroatoms. The van der Waals surface area contributed by atoms with Crippen molar-refractivity contribution in [1.82, 2.24) is 0 Å². The van der Waals surface area contributed by atoms with E-state index in [1.165, 1.54) is 0 Å². The Bertz CT molecular complexity index is 100. The van der Waals surface area contributed by atoms with Gasteiger partial charge in [-0.25, -0.2) is 4.79 Å². The monoisotopic (exact) mass is 150 g/mol. The van der Waals surface area contributed by atoms with Crippen molar-refractivity contribution in [3.8, 4) is 0 Å². The molecule has 0 radical (unpaired) electrons. The van der Waals surface area contributed by atoms with Gasteiger partial charge < -0.3 is 9.40 Å². The lowest BCUT2D eigenvalue weighted by Gasteiger charge is -1.65. The van der Waals surface area contributed by atoms with E-state index in [1.807, 2.05) is 0 Å². The maximum absolute atomic E-state index is 9.25. The van der Waals surface area contributed by atoms with Crippen LogP contribution in [0.3, 0.4) is 0 Å². The van der Waals surface area contributed by atoms with Crippen molar-refractivity contribution in [3.63, 3.8) is 0 Å². The van der Waals surface area contributed by atoms with E-state index in [9.17, 15) is 4.79 Å². The number of carboxylic acid groups (broad SMARTS) is 1. The topological polar surface area (TPSA) is 46.5 Å². The molecule has 0 aliphatic heterocycles. The molecular weight excluding hydrogens is 144 g/mol. The van der Waals surface area contributed by atoms with E-state index in [0.717, 1.165) is 12.3 Å². The van der Waals surface area contributed by atoms with Crippen LogP contribution in [-0.2, 0) is 9.08 Å². The van der Waals surface area contributed by atoms with Crippen LogP contribution in [0, 0.1) is 0 Å². The SMILES string of the molecule is C=CC(=O)O.C=COCl. The summed E-state index contributed by atoms with van der Waals surface area (Å²) < 4.78 is 3.78. The number of hydrogen-bond acceptors (Lipinski definition) is 2. The molecule has 9 heavy (non-hydrogen) atoms. The number of hydrogen-bond donors (Lipinski definition) is 1. The molecule has 0 bridgehead atoms. The van der Waals surface area contributed by atoms with E-state index in [2.05, 4.69) is 29.3 Å². The lowest BCUT2D eigenvalue weighted by Crippen LogP contribution is -1.82. The molecule has 0 saturated heterocycles. The molecule has 52 valence electrons. The van der Waals surface area contributed by atoms with Crippen molar-refractivity contribution in [2.45, 2.75) is 0 Å². The third kappa shape index (κ3) is 43.0. The standard InChI is InChI=1S/C3H4O2.C2H3ClO/c1-2-3(4)5;1-2-4-3/h2H,1H2,(H,4,5);2H,1H2. The molecule has 0 aromatic heterocycles. The van der Waals surface area contributed by atoms with E-state index in [1.54, 1.807) is 0 Å². The van der Waals surface area contributed by atoms with Crippen molar-refractivity contribution in [2.75, 3.05) is 0 Å². The Hall–Kier alpha value is -0.960. The van der Waals surface area contributed by atoms with Gasteiger partial charge in [-0.2, -0.15) is 0 Å². The minimum absolute atomic E-state index is 0.833. The van der Waals surface area contributed by atoms with Gasteiger partial charge >= 0.3 is 5.97 Å². The van der Waals surface area contributed by atoms with Gasteiger partial charge in [0.25, 0.3) is 0 Å². The molecule has 3 nitrogen and oxygen atoms in total. The van der Waals surface area contributed by atoms with Gasteiger partial charge in [-0.3, -0.25) is 0 Å². The quantitative estimate of drug-likeness (QED) is 0.480. The number of carbonyl (C=O) groups is 1. The zero-order valence-electron chi connectivity index (χ0n) is 4.71. The Morgan fingerprint density at radius 2 is 1.89 bits per heavy atom. The lowest BCUT2D eigenvalue weighted by molar-refractivity contribution is -0.131. The second-order valence-electron chi connectivity index (χ2n) is 0.798. The average molecular weight is 151 g/mol. The first-order valence-electron chi connectivity index (χ1n) is 1.92. The zero-order chi connectivity index (χ0) is 7.70. The fourth-order valence-corrected chi connectivity index (χ4v) is 0. The van der Waals surface area contributed by atoms with Gasteiger partial charge in [-0.15, -0.1) is 0 Å². The van der Waals surface area contributed by atoms with E-state index >= 15 is 0 Å². The molecule has 0 heterocycles. The van der Waals surface area contributed by atoms with Crippen LogP contribution in [0.1, 0.15) is 0 Å². The molecule has 0 spiro atoms. The van der Waals surface area contributed by atoms with Gasteiger partial charge in [0.05, 0.1) is 0 Å². The summed E-state index contributed by atoms with van der Waals surface area (Å²) in [5.74, 6) is -0.981. The highest BCUT2D eigenvalue weighted by Gasteiger charge is 1.73. The molecule has 0 aliphatic rings. The second-order valence-corrected chi connectivity index (χ2v) is 0.976. The Morgan fingerprint density at radius 1 is 1.67 bits per heavy atom. The first-order valence-corrected chi connectivity index (χ1v) is 2.23. The third-order valence-corrected chi connectivity index (χ3v) is 0.364. The molecule has 0 unspecified atom stereocenters. The minimum atomic E-state index is -0.981. The predicted octanol–water partition coefficient (Wildman–Crippen LogP) is 1.56. The van der Waals surface area contributed by atoms with Gasteiger partial charge in [0.15, 0.2) is 0 Å². The van der Waals surface area contributed by atoms with Crippen LogP contribution in [0.15, 0.2) is 25.5 Å². The molecule has 0 aromatic rings. The van der Waals surface area contributed by atoms with Crippen LogP contribution < -0.4 is 0 Å². The number of carboxylic acids is 1. The van der Waals surface area contributed by atoms with Gasteiger partial charge in [0, 0.05) is 6.08 Å². The first kappa shape index (κ1) is 10.9. The summed E-state index contributed by atoms with van der Waals surface area (Å²) in [5, 5.41) is 7.60. The molecule has 0 fully saturated rings. The summed E-state index contributed by atoms with van der Waals surface area (Å²) in [4.78, 5) is 9.25. The molecular formula is C5H7ClO3. The normalized spacial score (nSPS) is 5.89. The molecule has 0 rings (SSSR count). The van der Waals surface area contributed by atoms with Crippen molar-refractivity contribution < 1.29 is 14.2 Å².